The maximum absolute atomic E-state index is 12.7. The first-order valence-electron chi connectivity index (χ1n) is 13.0. The van der Waals surface area contributed by atoms with E-state index in [0.29, 0.717) is 47.4 Å². The number of aliphatic hydroxyl groups is 1. The van der Waals surface area contributed by atoms with E-state index in [1.54, 1.807) is 19.1 Å². The Morgan fingerprint density at radius 1 is 1.27 bits per heavy atom. The number of aliphatic hydroxyl groups excluding tert-OH is 1. The third-order valence-corrected chi connectivity index (χ3v) is 12.6. The Hall–Kier alpha value is -1.38. The molecule has 0 bridgehead atoms. The summed E-state index contributed by atoms with van der Waals surface area (Å²) in [6.45, 7) is 26.1. The molecule has 5 nitrogen and oxygen atoms in total. The van der Waals surface area contributed by atoms with Crippen LogP contribution in [0.2, 0.25) is 37.8 Å². The van der Waals surface area contributed by atoms with Crippen molar-refractivity contribution in [2.24, 2.45) is 5.92 Å². The molecule has 0 radical (unpaired) electrons. The second-order valence-electron chi connectivity index (χ2n) is 12.1. The van der Waals surface area contributed by atoms with Crippen LogP contribution in [0, 0.1) is 17.4 Å². The zero-order valence-electron chi connectivity index (χ0n) is 24.5. The van der Waals surface area contributed by atoms with Gasteiger partial charge in [-0.3, -0.25) is 0 Å². The van der Waals surface area contributed by atoms with Crippen molar-refractivity contribution < 1.29 is 23.5 Å². The predicted octanol–water partition coefficient (Wildman–Crippen LogP) is 8.29. The quantitative estimate of drug-likeness (QED) is 0.0847. The van der Waals surface area contributed by atoms with Crippen LogP contribution >= 0.6 is 15.9 Å². The van der Waals surface area contributed by atoms with E-state index in [9.17, 15) is 9.90 Å². The minimum Gasteiger partial charge on any atom is -0.463 e. The monoisotopic (exact) mass is 610 g/mol. The minimum absolute atomic E-state index is 0.0812. The molecule has 0 saturated carbocycles. The summed E-state index contributed by atoms with van der Waals surface area (Å²) >= 11 is 3.53. The third-order valence-electron chi connectivity index (χ3n) is 6.55. The van der Waals surface area contributed by atoms with Crippen LogP contribution in [0.3, 0.4) is 0 Å². The van der Waals surface area contributed by atoms with E-state index >= 15 is 0 Å². The second-order valence-corrected chi connectivity index (χ2v) is 22.5. The number of esters is 1. The van der Waals surface area contributed by atoms with Crippen molar-refractivity contribution in [1.29, 1.82) is 0 Å². The SMILES string of the molecule is C=C(C)[C@H](CCC#C[Si](C)(C)C)[C@@H](O)c1oc(/C=C(\CCO[Si](C)(C)C(C)(C)C)C(=O)OCC)cc1Br. The number of hydrogen-bond donors (Lipinski definition) is 1. The van der Waals surface area contributed by atoms with Crippen molar-refractivity contribution in [3.8, 4) is 11.5 Å². The number of halogens is 1. The molecular formula is C29H47BrO5Si2. The standard InChI is InChI=1S/C29H47BrO5Si2/c1-12-33-28(32)22(16-17-34-37(10,11)29(4,5)6)19-23-20-25(30)27(35-23)26(31)24(21(2)3)15-13-14-18-36(7,8)9/h19-20,24,26,31H,2,12-13,15-17H2,1,3-11H3/b22-19+/t24-,26+/m0/s1. The fourth-order valence-corrected chi connectivity index (χ4v) is 5.59. The average Bonchev–Trinajstić information content (AvgIpc) is 3.10. The van der Waals surface area contributed by atoms with Crippen molar-refractivity contribution in [1.82, 2.24) is 0 Å². The van der Waals surface area contributed by atoms with Crippen LogP contribution in [0.15, 0.2) is 32.7 Å². The van der Waals surface area contributed by atoms with Crippen LogP contribution in [0.4, 0.5) is 0 Å². The number of hydrogen-bond acceptors (Lipinski definition) is 5. The Balaban J connectivity index is 3.14. The zero-order chi connectivity index (χ0) is 28.6. The molecule has 1 aromatic rings. The summed E-state index contributed by atoms with van der Waals surface area (Å²) in [5.41, 5.74) is 4.72. The lowest BCUT2D eigenvalue weighted by atomic mass is 9.89. The van der Waals surface area contributed by atoms with Gasteiger partial charge in [-0.1, -0.05) is 52.6 Å². The van der Waals surface area contributed by atoms with Crippen molar-refractivity contribution in [2.45, 2.75) is 97.8 Å². The summed E-state index contributed by atoms with van der Waals surface area (Å²) in [6, 6.07) is 1.77. The largest absolute Gasteiger partial charge is 0.463 e. The lowest BCUT2D eigenvalue weighted by Crippen LogP contribution is -2.41. The molecule has 2 atom stereocenters. The van der Waals surface area contributed by atoms with Gasteiger partial charge in [-0.25, -0.2) is 4.79 Å². The molecule has 0 spiro atoms. The number of ether oxygens (including phenoxy) is 1. The van der Waals surface area contributed by atoms with E-state index in [4.69, 9.17) is 13.6 Å². The second kappa shape index (κ2) is 14.1. The maximum Gasteiger partial charge on any atom is 0.334 e. The van der Waals surface area contributed by atoms with E-state index in [1.807, 2.05) is 6.92 Å². The molecule has 1 aromatic heterocycles. The molecule has 37 heavy (non-hydrogen) atoms. The first-order chi connectivity index (χ1) is 16.9. The Morgan fingerprint density at radius 2 is 1.89 bits per heavy atom. The van der Waals surface area contributed by atoms with Gasteiger partial charge in [-0.15, -0.1) is 11.5 Å². The topological polar surface area (TPSA) is 68.9 Å². The van der Waals surface area contributed by atoms with Crippen LogP contribution in [-0.4, -0.2) is 40.7 Å². The first kappa shape index (κ1) is 33.7. The highest BCUT2D eigenvalue weighted by atomic mass is 79.9. The highest BCUT2D eigenvalue weighted by Gasteiger charge is 2.37. The first-order valence-corrected chi connectivity index (χ1v) is 20.2. The van der Waals surface area contributed by atoms with Crippen LogP contribution in [0.1, 0.15) is 71.5 Å². The molecule has 1 heterocycles. The summed E-state index contributed by atoms with van der Waals surface area (Å²) in [7, 11) is -3.38. The van der Waals surface area contributed by atoms with E-state index in [2.05, 4.69) is 87.5 Å². The average molecular weight is 612 g/mol. The number of furan rings is 1. The van der Waals surface area contributed by atoms with Gasteiger partial charge in [0.1, 0.15) is 25.7 Å². The van der Waals surface area contributed by atoms with Gasteiger partial charge in [-0.05, 0) is 66.5 Å². The maximum atomic E-state index is 12.7. The third kappa shape index (κ3) is 11.1. The summed E-state index contributed by atoms with van der Waals surface area (Å²) in [5.74, 6) is 3.57. The molecule has 208 valence electrons. The smallest absolute Gasteiger partial charge is 0.334 e. The summed E-state index contributed by atoms with van der Waals surface area (Å²) in [4.78, 5) is 12.7. The lowest BCUT2D eigenvalue weighted by Gasteiger charge is -2.36. The van der Waals surface area contributed by atoms with E-state index < -0.39 is 28.5 Å². The molecule has 1 rings (SSSR count). The van der Waals surface area contributed by atoms with Crippen molar-refractivity contribution >= 4 is 44.4 Å². The van der Waals surface area contributed by atoms with Gasteiger partial charge in [0.2, 0.25) is 0 Å². The van der Waals surface area contributed by atoms with Gasteiger partial charge in [0.05, 0.1) is 11.1 Å². The summed E-state index contributed by atoms with van der Waals surface area (Å²) in [6.07, 6.45) is 2.58. The molecule has 0 aliphatic heterocycles. The molecule has 0 aromatic carbocycles. The van der Waals surface area contributed by atoms with Crippen LogP contribution < -0.4 is 0 Å². The van der Waals surface area contributed by atoms with Gasteiger partial charge in [0.15, 0.2) is 8.32 Å². The van der Waals surface area contributed by atoms with Gasteiger partial charge in [-0.2, -0.15) is 0 Å². The predicted molar refractivity (Wildman–Crippen MR) is 162 cm³/mol. The molecule has 1 N–H and O–H groups in total. The van der Waals surface area contributed by atoms with Crippen molar-refractivity contribution in [3.05, 3.63) is 39.8 Å². The highest BCUT2D eigenvalue weighted by molar-refractivity contribution is 9.10. The highest BCUT2D eigenvalue weighted by Crippen LogP contribution is 2.38. The molecule has 0 aliphatic carbocycles. The van der Waals surface area contributed by atoms with Gasteiger partial charge in [0.25, 0.3) is 0 Å². The summed E-state index contributed by atoms with van der Waals surface area (Å²) < 4.78 is 18.2. The summed E-state index contributed by atoms with van der Waals surface area (Å²) in [5, 5.41) is 11.3. The molecule has 0 fully saturated rings. The van der Waals surface area contributed by atoms with Crippen LogP contribution in [-0.2, 0) is 14.0 Å². The Bertz CT molecular complexity index is 1020. The Kier molecular flexibility index (Phi) is 12.9. The van der Waals surface area contributed by atoms with E-state index in [0.717, 1.165) is 5.57 Å². The normalized spacial score (nSPS) is 14.5. The Morgan fingerprint density at radius 3 is 2.41 bits per heavy atom. The van der Waals surface area contributed by atoms with Crippen LogP contribution in [0.25, 0.3) is 6.08 Å². The van der Waals surface area contributed by atoms with E-state index in [-0.39, 0.29) is 17.6 Å². The molecule has 0 amide bonds. The molecule has 0 aliphatic rings. The number of carbonyl (C=O) groups excluding carboxylic acids is 1. The molecule has 8 heteroatoms. The molecule has 0 unspecified atom stereocenters. The number of carbonyl (C=O) groups is 1. The van der Waals surface area contributed by atoms with Gasteiger partial charge in [0, 0.05) is 30.9 Å². The van der Waals surface area contributed by atoms with E-state index in [1.165, 1.54) is 0 Å². The van der Waals surface area contributed by atoms with Crippen molar-refractivity contribution in [3.63, 3.8) is 0 Å². The zero-order valence-corrected chi connectivity index (χ0v) is 28.1. The fourth-order valence-electron chi connectivity index (χ4n) is 3.35. The van der Waals surface area contributed by atoms with Crippen LogP contribution in [0.5, 0.6) is 0 Å². The molecular weight excluding hydrogens is 564 g/mol. The van der Waals surface area contributed by atoms with Crippen molar-refractivity contribution in [2.75, 3.05) is 13.2 Å². The number of rotatable bonds is 12. The minimum atomic E-state index is -1.94. The van der Waals surface area contributed by atoms with Gasteiger partial charge < -0.3 is 18.7 Å². The van der Waals surface area contributed by atoms with Gasteiger partial charge >= 0.3 is 5.97 Å². The molecule has 0 saturated heterocycles. The lowest BCUT2D eigenvalue weighted by molar-refractivity contribution is -0.138. The fraction of sp³-hybridized carbons (Fsp3) is 0.621. The Labute approximate surface area is 235 Å².